The third-order valence-electron chi connectivity index (χ3n) is 5.10. The van der Waals surface area contributed by atoms with Crippen LogP contribution in [0.1, 0.15) is 58.8 Å². The molecule has 1 saturated carbocycles. The van der Waals surface area contributed by atoms with E-state index in [0.717, 1.165) is 35.9 Å². The Balaban J connectivity index is 1.57. The molecule has 1 unspecified atom stereocenters. The van der Waals surface area contributed by atoms with Gasteiger partial charge in [0.05, 0.1) is 25.0 Å². The van der Waals surface area contributed by atoms with Crippen molar-refractivity contribution in [1.29, 1.82) is 0 Å². The molecule has 6 nitrogen and oxygen atoms in total. The number of methoxy groups -OCH3 is 1. The summed E-state index contributed by atoms with van der Waals surface area (Å²) in [6.45, 7) is 0. The first-order chi connectivity index (χ1) is 11.7. The van der Waals surface area contributed by atoms with Gasteiger partial charge in [-0.1, -0.05) is 6.07 Å². The molecular weight excluding hydrogens is 304 g/mol. The molecule has 2 aliphatic rings. The molecule has 24 heavy (non-hydrogen) atoms. The molecule has 1 atom stereocenters. The molecule has 0 spiro atoms. The highest BCUT2D eigenvalue weighted by molar-refractivity contribution is 5.87. The summed E-state index contributed by atoms with van der Waals surface area (Å²) in [5, 5.41) is 0. The van der Waals surface area contributed by atoms with E-state index in [4.69, 9.17) is 9.72 Å². The van der Waals surface area contributed by atoms with Gasteiger partial charge in [-0.05, 0) is 36.8 Å². The minimum Gasteiger partial charge on any atom is -0.464 e. The number of rotatable bonds is 3. The Morgan fingerprint density at radius 2 is 2.12 bits per heavy atom. The van der Waals surface area contributed by atoms with Gasteiger partial charge in [-0.25, -0.2) is 14.8 Å². The van der Waals surface area contributed by atoms with Crippen molar-refractivity contribution in [3.63, 3.8) is 0 Å². The maximum Gasteiger partial charge on any atom is 0.356 e. The molecule has 1 fully saturated rings. The van der Waals surface area contributed by atoms with Crippen molar-refractivity contribution in [1.82, 2.24) is 18.9 Å². The quantitative estimate of drug-likeness (QED) is 0.696. The van der Waals surface area contributed by atoms with E-state index in [1.54, 1.807) is 6.20 Å². The van der Waals surface area contributed by atoms with E-state index in [1.165, 1.54) is 25.5 Å². The second kappa shape index (κ2) is 4.93. The van der Waals surface area contributed by atoms with Crippen LogP contribution < -0.4 is 0 Å². The molecule has 0 N–H and O–H groups in total. The number of esters is 1. The zero-order valence-electron chi connectivity index (χ0n) is 13.5. The standard InChI is InChI=1S/C18H18N4O2/c1-24-18(23)15-8-19-16-7-5-14(22(15)16)13-10-21-9-12(11-2-3-11)4-6-17(21)20-13/h4,6,8-11,14H,2-3,5,7H2,1H3. The Morgan fingerprint density at radius 3 is 2.92 bits per heavy atom. The van der Waals surface area contributed by atoms with Crippen LogP contribution in [0.5, 0.6) is 0 Å². The van der Waals surface area contributed by atoms with Gasteiger partial charge >= 0.3 is 5.97 Å². The van der Waals surface area contributed by atoms with Gasteiger partial charge in [-0.2, -0.15) is 0 Å². The average Bonchev–Trinajstić information content (AvgIpc) is 3.05. The van der Waals surface area contributed by atoms with Gasteiger partial charge in [-0.15, -0.1) is 0 Å². The number of pyridine rings is 1. The fraction of sp³-hybridized carbons (Fsp3) is 0.389. The van der Waals surface area contributed by atoms with Gasteiger partial charge in [-0.3, -0.25) is 0 Å². The molecule has 0 bridgehead atoms. The van der Waals surface area contributed by atoms with Crippen LogP contribution >= 0.6 is 0 Å². The van der Waals surface area contributed by atoms with E-state index in [9.17, 15) is 4.79 Å². The maximum absolute atomic E-state index is 12.0. The first-order valence-corrected chi connectivity index (χ1v) is 8.37. The molecule has 3 aromatic rings. The third-order valence-corrected chi connectivity index (χ3v) is 5.10. The van der Waals surface area contributed by atoms with Gasteiger partial charge in [0.15, 0.2) is 0 Å². The molecular formula is C18H18N4O2. The zero-order chi connectivity index (χ0) is 16.3. The van der Waals surface area contributed by atoms with Gasteiger partial charge in [0.25, 0.3) is 0 Å². The molecule has 1 aliphatic heterocycles. The maximum atomic E-state index is 12.0. The van der Waals surface area contributed by atoms with E-state index in [2.05, 4.69) is 33.9 Å². The molecule has 1 aliphatic carbocycles. The normalized spacial score (nSPS) is 19.6. The van der Waals surface area contributed by atoms with E-state index in [0.29, 0.717) is 5.69 Å². The number of fused-ring (bicyclic) bond motifs is 2. The Hall–Kier alpha value is -2.63. The third kappa shape index (κ3) is 1.99. The fourth-order valence-corrected chi connectivity index (χ4v) is 3.71. The van der Waals surface area contributed by atoms with Crippen LogP contribution in [0.25, 0.3) is 5.65 Å². The second-order valence-corrected chi connectivity index (χ2v) is 6.64. The Bertz CT molecular complexity index is 951. The first kappa shape index (κ1) is 13.8. The number of hydrogen-bond acceptors (Lipinski definition) is 4. The Labute approximate surface area is 139 Å². The Morgan fingerprint density at radius 1 is 1.25 bits per heavy atom. The van der Waals surface area contributed by atoms with E-state index in [-0.39, 0.29) is 12.0 Å². The van der Waals surface area contributed by atoms with Gasteiger partial charge in [0.1, 0.15) is 17.2 Å². The van der Waals surface area contributed by atoms with Crippen molar-refractivity contribution in [2.75, 3.05) is 7.11 Å². The molecule has 0 saturated heterocycles. The van der Waals surface area contributed by atoms with Crippen molar-refractivity contribution >= 4 is 11.6 Å². The minimum atomic E-state index is -0.347. The molecule has 3 aromatic heterocycles. The lowest BCUT2D eigenvalue weighted by Crippen LogP contribution is -2.14. The van der Waals surface area contributed by atoms with Crippen LogP contribution in [0.4, 0.5) is 0 Å². The number of nitrogens with zero attached hydrogens (tertiary/aromatic N) is 4. The lowest BCUT2D eigenvalue weighted by molar-refractivity contribution is 0.0587. The SMILES string of the molecule is COC(=O)c1cnc2n1C(c1cn3cc(C4CC4)ccc3n1)CC2. The second-order valence-electron chi connectivity index (χ2n) is 6.64. The number of carbonyl (C=O) groups excluding carboxylic acids is 1. The van der Waals surface area contributed by atoms with E-state index in [1.807, 2.05) is 4.57 Å². The van der Waals surface area contributed by atoms with Crippen LogP contribution in [0.2, 0.25) is 0 Å². The summed E-state index contributed by atoms with van der Waals surface area (Å²) in [4.78, 5) is 21.2. The van der Waals surface area contributed by atoms with Crippen LogP contribution in [0.15, 0.2) is 30.7 Å². The number of ether oxygens (including phenoxy) is 1. The number of aromatic nitrogens is 4. The summed E-state index contributed by atoms with van der Waals surface area (Å²) in [7, 11) is 1.40. The monoisotopic (exact) mass is 322 g/mol. The van der Waals surface area contributed by atoms with Crippen LogP contribution in [0.3, 0.4) is 0 Å². The lowest BCUT2D eigenvalue weighted by atomic mass is 10.1. The van der Waals surface area contributed by atoms with Crippen molar-refractivity contribution in [2.24, 2.45) is 0 Å². The molecule has 6 heteroatoms. The zero-order valence-corrected chi connectivity index (χ0v) is 13.5. The smallest absolute Gasteiger partial charge is 0.356 e. The highest BCUT2D eigenvalue weighted by atomic mass is 16.5. The highest BCUT2D eigenvalue weighted by Gasteiger charge is 2.31. The summed E-state index contributed by atoms with van der Waals surface area (Å²) in [6, 6.07) is 4.31. The number of imidazole rings is 2. The first-order valence-electron chi connectivity index (χ1n) is 8.37. The molecule has 5 rings (SSSR count). The van der Waals surface area contributed by atoms with Crippen molar-refractivity contribution < 1.29 is 9.53 Å². The average molecular weight is 322 g/mol. The molecule has 122 valence electrons. The summed E-state index contributed by atoms with van der Waals surface area (Å²) in [5.41, 5.74) is 3.81. The van der Waals surface area contributed by atoms with Crippen molar-refractivity contribution in [2.45, 2.75) is 37.6 Å². The molecule has 0 amide bonds. The van der Waals surface area contributed by atoms with Gasteiger partial charge < -0.3 is 13.7 Å². The topological polar surface area (TPSA) is 61.4 Å². The Kier molecular flexibility index (Phi) is 2.83. The van der Waals surface area contributed by atoms with Gasteiger partial charge in [0, 0.05) is 18.8 Å². The van der Waals surface area contributed by atoms with Crippen molar-refractivity contribution in [3.05, 3.63) is 53.5 Å². The summed E-state index contributed by atoms with van der Waals surface area (Å²) in [6.07, 6.45) is 10.2. The number of hydrogen-bond donors (Lipinski definition) is 0. The van der Waals surface area contributed by atoms with E-state index >= 15 is 0 Å². The lowest BCUT2D eigenvalue weighted by Gasteiger charge is -2.12. The van der Waals surface area contributed by atoms with Crippen LogP contribution in [-0.2, 0) is 11.2 Å². The highest BCUT2D eigenvalue weighted by Crippen LogP contribution is 2.40. The van der Waals surface area contributed by atoms with E-state index < -0.39 is 0 Å². The van der Waals surface area contributed by atoms with Gasteiger partial charge in [0.2, 0.25) is 0 Å². The van der Waals surface area contributed by atoms with Crippen LogP contribution in [0, 0.1) is 0 Å². The fourth-order valence-electron chi connectivity index (χ4n) is 3.71. The molecule has 0 aromatic carbocycles. The predicted octanol–water partition coefficient (Wildman–Crippen LogP) is 2.73. The summed E-state index contributed by atoms with van der Waals surface area (Å²) in [5.74, 6) is 1.30. The van der Waals surface area contributed by atoms with Crippen LogP contribution in [-0.4, -0.2) is 32.0 Å². The number of aryl methyl sites for hydroxylation is 1. The van der Waals surface area contributed by atoms with Crippen molar-refractivity contribution in [3.8, 4) is 0 Å². The predicted molar refractivity (Wildman–Crippen MR) is 87.2 cm³/mol. The largest absolute Gasteiger partial charge is 0.464 e. The summed E-state index contributed by atoms with van der Waals surface area (Å²) < 4.78 is 8.98. The molecule has 0 radical (unpaired) electrons. The minimum absolute atomic E-state index is 0.0425. The number of carbonyl (C=O) groups is 1. The molecule has 4 heterocycles. The summed E-state index contributed by atoms with van der Waals surface area (Å²) >= 11 is 0.